The number of ether oxygens (including phenoxy) is 1. The van der Waals surface area contributed by atoms with Crippen molar-refractivity contribution < 1.29 is 9.30 Å². The second-order valence-electron chi connectivity index (χ2n) is 14.4. The van der Waals surface area contributed by atoms with Crippen LogP contribution in [-0.2, 0) is 11.6 Å². The van der Waals surface area contributed by atoms with Crippen LogP contribution in [-0.4, -0.2) is 99.4 Å². The van der Waals surface area contributed by atoms with Gasteiger partial charge in [0.1, 0.15) is 24.5 Å². The van der Waals surface area contributed by atoms with Gasteiger partial charge in [-0.25, -0.2) is 15.0 Å². The number of aromatic nitrogens is 6. The van der Waals surface area contributed by atoms with Gasteiger partial charge in [-0.15, -0.1) is 12.4 Å². The number of piperidine rings is 1. The normalized spacial score (nSPS) is 17.1. The molecule has 16 heteroatoms. The third kappa shape index (κ3) is 8.32. The number of piperazine rings is 1. The highest BCUT2D eigenvalue weighted by Gasteiger charge is 2.30. The Balaban J connectivity index is 0.00000435. The van der Waals surface area contributed by atoms with Crippen LogP contribution < -0.4 is 30.9 Å². The van der Waals surface area contributed by atoms with Gasteiger partial charge in [0.2, 0.25) is 5.95 Å². The number of hydrogen-bond acceptors (Lipinski definition) is 12. The fourth-order valence-corrected chi connectivity index (χ4v) is 9.08. The van der Waals surface area contributed by atoms with Crippen molar-refractivity contribution in [3.63, 3.8) is 0 Å². The predicted molar refractivity (Wildman–Crippen MR) is 219 cm³/mol. The minimum Gasteiger partial charge on any atom is -0.488 e. The summed E-state index contributed by atoms with van der Waals surface area (Å²) >= 11 is 3.64. The van der Waals surface area contributed by atoms with Crippen LogP contribution in [0.15, 0.2) is 53.5 Å². The van der Waals surface area contributed by atoms with Crippen LogP contribution in [0.5, 0.6) is 5.75 Å². The maximum Gasteiger partial charge on any atom is 0.229 e. The summed E-state index contributed by atoms with van der Waals surface area (Å²) in [6.45, 7) is 11.7. The molecule has 8 rings (SSSR count). The van der Waals surface area contributed by atoms with Gasteiger partial charge in [-0.2, -0.15) is 10.1 Å². The third-order valence-electron chi connectivity index (χ3n) is 10.0. The van der Waals surface area contributed by atoms with E-state index in [-0.39, 0.29) is 18.5 Å². The van der Waals surface area contributed by atoms with Crippen molar-refractivity contribution in [1.29, 1.82) is 0 Å². The van der Waals surface area contributed by atoms with E-state index in [1.54, 1.807) is 25.7 Å². The molecule has 0 spiro atoms. The summed E-state index contributed by atoms with van der Waals surface area (Å²) in [6, 6.07) is 8.77. The molecule has 5 heterocycles. The Morgan fingerprint density at radius 1 is 0.943 bits per heavy atom. The Labute approximate surface area is 324 Å². The molecule has 53 heavy (non-hydrogen) atoms. The van der Waals surface area contributed by atoms with E-state index in [2.05, 4.69) is 80.1 Å². The molecular formula is C37H46BrClN11O2P. The van der Waals surface area contributed by atoms with Gasteiger partial charge in [0.25, 0.3) is 0 Å². The largest absolute Gasteiger partial charge is 0.488 e. The summed E-state index contributed by atoms with van der Waals surface area (Å²) in [7, 11) is -0.814. The van der Waals surface area contributed by atoms with Gasteiger partial charge in [0.05, 0.1) is 33.7 Å². The number of benzene rings is 2. The number of aryl methyl sites for hydroxylation is 2. The maximum absolute atomic E-state index is 13.7. The van der Waals surface area contributed by atoms with Crippen molar-refractivity contribution in [2.45, 2.75) is 44.8 Å². The molecule has 0 amide bonds. The van der Waals surface area contributed by atoms with Crippen LogP contribution in [0.4, 0.5) is 28.8 Å². The van der Waals surface area contributed by atoms with Crippen LogP contribution >= 0.6 is 35.5 Å². The summed E-state index contributed by atoms with van der Waals surface area (Å²) < 4.78 is 22.7. The van der Waals surface area contributed by atoms with Crippen LogP contribution in [0.2, 0.25) is 0 Å². The van der Waals surface area contributed by atoms with Crippen LogP contribution in [0.3, 0.4) is 0 Å². The molecule has 2 aliphatic heterocycles. The van der Waals surface area contributed by atoms with E-state index in [0.717, 1.165) is 104 Å². The van der Waals surface area contributed by atoms with E-state index in [4.69, 9.17) is 9.72 Å². The van der Waals surface area contributed by atoms with Gasteiger partial charge in [0, 0.05) is 105 Å². The van der Waals surface area contributed by atoms with Crippen molar-refractivity contribution in [2.24, 2.45) is 7.05 Å². The van der Waals surface area contributed by atoms with Crippen molar-refractivity contribution in [1.82, 2.24) is 39.9 Å². The molecule has 1 aliphatic carbocycles. The number of nitrogens with zero attached hydrogens (tertiary/aromatic N) is 8. The van der Waals surface area contributed by atoms with Crippen molar-refractivity contribution in [3.8, 4) is 16.9 Å². The first-order chi connectivity index (χ1) is 25.1. The Morgan fingerprint density at radius 2 is 1.72 bits per heavy atom. The Bertz CT molecular complexity index is 2160. The number of nitrogens with one attached hydrogen (secondary N) is 3. The van der Waals surface area contributed by atoms with Gasteiger partial charge in [-0.1, -0.05) is 0 Å². The SMILES string of the molecule is Cc1ncc2c(P(C)(C)=O)c(Nc3nc(Nc4cc(-c5cnn(C)c5)c(N5CCC(N6CCNCC6)CC5)cc4OC4CC4)ncc3Br)ccc2n1.Cl. The number of hydrogen-bond donors (Lipinski definition) is 3. The average molecular weight is 823 g/mol. The topological polar surface area (TPSA) is 138 Å². The van der Waals surface area contributed by atoms with Gasteiger partial charge in [-0.3, -0.25) is 9.58 Å². The molecule has 2 saturated heterocycles. The zero-order valence-corrected chi connectivity index (χ0v) is 33.8. The highest BCUT2D eigenvalue weighted by atomic mass is 79.9. The monoisotopic (exact) mass is 821 g/mol. The first-order valence-electron chi connectivity index (χ1n) is 18.0. The molecule has 280 valence electrons. The quantitative estimate of drug-likeness (QED) is 0.133. The third-order valence-corrected chi connectivity index (χ3v) is 12.2. The Kier molecular flexibility index (Phi) is 11.0. The molecular weight excluding hydrogens is 777 g/mol. The van der Waals surface area contributed by atoms with Crippen molar-refractivity contribution >= 4 is 80.5 Å². The van der Waals surface area contributed by atoms with Crippen LogP contribution in [0.1, 0.15) is 31.5 Å². The number of halogens is 2. The summed E-state index contributed by atoms with van der Waals surface area (Å²) in [5.41, 5.74) is 5.48. The molecule has 3 N–H and O–H groups in total. The molecule has 2 aromatic carbocycles. The molecule has 1 saturated carbocycles. The van der Waals surface area contributed by atoms with E-state index >= 15 is 0 Å². The molecule has 3 fully saturated rings. The first kappa shape index (κ1) is 37.5. The zero-order chi connectivity index (χ0) is 36.0. The lowest BCUT2D eigenvalue weighted by molar-refractivity contribution is 0.150. The van der Waals surface area contributed by atoms with E-state index in [1.165, 1.54) is 0 Å². The predicted octanol–water partition coefficient (Wildman–Crippen LogP) is 6.46. The summed E-state index contributed by atoms with van der Waals surface area (Å²) in [5.74, 6) is 2.36. The van der Waals surface area contributed by atoms with Crippen LogP contribution in [0.25, 0.3) is 22.0 Å². The van der Waals surface area contributed by atoms with Gasteiger partial charge in [0.15, 0.2) is 0 Å². The highest BCUT2D eigenvalue weighted by molar-refractivity contribution is 9.10. The number of rotatable bonds is 10. The van der Waals surface area contributed by atoms with Gasteiger partial charge in [-0.05, 0) is 80.1 Å². The highest BCUT2D eigenvalue weighted by Crippen LogP contribution is 2.44. The number of fused-ring (bicyclic) bond motifs is 1. The lowest BCUT2D eigenvalue weighted by Crippen LogP contribution is -2.52. The number of anilines is 5. The average Bonchev–Trinajstić information content (AvgIpc) is 3.85. The molecule has 0 atom stereocenters. The molecule has 3 aromatic heterocycles. The Morgan fingerprint density at radius 3 is 2.42 bits per heavy atom. The van der Waals surface area contributed by atoms with E-state index in [0.29, 0.717) is 39.1 Å². The lowest BCUT2D eigenvalue weighted by Gasteiger charge is -2.41. The van der Waals surface area contributed by atoms with E-state index < -0.39 is 7.14 Å². The maximum atomic E-state index is 13.7. The molecule has 5 aromatic rings. The lowest BCUT2D eigenvalue weighted by atomic mass is 9.98. The standard InChI is InChI=1S/C37H45BrN11O2P.ClH/c1-23-40-20-28-30(43-23)7-8-31(35(28)52(3,4)50)44-36-29(38)21-41-37(46-36)45-32-17-27(24-19-42-47(2)22-24)33(18-34(32)51-26-5-6-26)49-13-9-25(10-14-49)48-15-11-39-12-16-48;/h7-8,17-22,25-26,39H,5-6,9-16H2,1-4H3,(H2,41,44,45,46);1H. The van der Waals surface area contributed by atoms with Crippen molar-refractivity contribution in [3.05, 3.63) is 59.3 Å². The second-order valence-corrected chi connectivity index (χ2v) is 18.4. The first-order valence-corrected chi connectivity index (χ1v) is 21.4. The van der Waals surface area contributed by atoms with Crippen molar-refractivity contribution in [2.75, 3.05) is 68.1 Å². The van der Waals surface area contributed by atoms with Gasteiger partial charge < -0.3 is 30.2 Å². The fourth-order valence-electron chi connectivity index (χ4n) is 7.33. The molecule has 0 unspecified atom stereocenters. The summed E-state index contributed by atoms with van der Waals surface area (Å²) in [5, 5.41) is 16.4. The van der Waals surface area contributed by atoms with E-state index in [1.807, 2.05) is 37.0 Å². The molecule has 13 nitrogen and oxygen atoms in total. The summed E-state index contributed by atoms with van der Waals surface area (Å²) in [6.07, 6.45) is 12.0. The molecule has 0 bridgehead atoms. The smallest absolute Gasteiger partial charge is 0.229 e. The minimum absolute atomic E-state index is 0. The molecule has 0 radical (unpaired) electrons. The van der Waals surface area contributed by atoms with Gasteiger partial charge >= 0.3 is 0 Å². The summed E-state index contributed by atoms with van der Waals surface area (Å²) in [4.78, 5) is 23.7. The fraction of sp³-hybridized carbons (Fsp3) is 0.432. The zero-order valence-electron chi connectivity index (χ0n) is 30.5. The van der Waals surface area contributed by atoms with Crippen LogP contribution in [0, 0.1) is 6.92 Å². The van der Waals surface area contributed by atoms with E-state index in [9.17, 15) is 4.57 Å². The minimum atomic E-state index is -2.76. The second kappa shape index (κ2) is 15.5. The molecule has 3 aliphatic rings. The Hall–Kier alpha value is -3.81.